The molecule has 1 aromatic rings. The first-order chi connectivity index (χ1) is 6.33. The molecule has 13 heavy (non-hydrogen) atoms. The molecular weight excluding hydrogens is 232 g/mol. The SMILES string of the molecule is O=CNCC#Cc1ccc(Br)cn1. The number of rotatable bonds is 2. The Balaban J connectivity index is 2.56. The summed E-state index contributed by atoms with van der Waals surface area (Å²) in [7, 11) is 0. The molecule has 1 N–H and O–H groups in total. The first-order valence-electron chi connectivity index (χ1n) is 3.60. The number of carbonyl (C=O) groups excluding carboxylic acids is 1. The summed E-state index contributed by atoms with van der Waals surface area (Å²) < 4.78 is 0.920. The van der Waals surface area contributed by atoms with E-state index in [1.54, 1.807) is 12.3 Å². The van der Waals surface area contributed by atoms with E-state index in [1.165, 1.54) is 0 Å². The van der Waals surface area contributed by atoms with Gasteiger partial charge in [-0.2, -0.15) is 0 Å². The fourth-order valence-electron chi connectivity index (χ4n) is 0.677. The zero-order valence-electron chi connectivity index (χ0n) is 6.75. The number of pyridine rings is 1. The van der Waals surface area contributed by atoms with Crippen LogP contribution >= 0.6 is 15.9 Å². The van der Waals surface area contributed by atoms with Crippen LogP contribution < -0.4 is 5.32 Å². The third kappa shape index (κ3) is 3.72. The van der Waals surface area contributed by atoms with Crippen molar-refractivity contribution >= 4 is 22.3 Å². The molecule has 0 aliphatic rings. The van der Waals surface area contributed by atoms with Crippen LogP contribution in [-0.4, -0.2) is 17.9 Å². The second kappa shape index (κ2) is 5.33. The van der Waals surface area contributed by atoms with E-state index in [9.17, 15) is 4.79 Å². The minimum absolute atomic E-state index is 0.348. The van der Waals surface area contributed by atoms with Crippen molar-refractivity contribution in [3.05, 3.63) is 28.5 Å². The Morgan fingerprint density at radius 3 is 3.08 bits per heavy atom. The van der Waals surface area contributed by atoms with Gasteiger partial charge >= 0.3 is 0 Å². The highest BCUT2D eigenvalue weighted by atomic mass is 79.9. The van der Waals surface area contributed by atoms with Crippen LogP contribution in [0, 0.1) is 11.8 Å². The molecule has 0 saturated carbocycles. The molecule has 0 aliphatic heterocycles. The molecule has 0 unspecified atom stereocenters. The Labute approximate surface area is 84.7 Å². The number of carbonyl (C=O) groups is 1. The summed E-state index contributed by atoms with van der Waals surface area (Å²) in [5, 5.41) is 2.44. The fourth-order valence-corrected chi connectivity index (χ4v) is 0.912. The third-order valence-electron chi connectivity index (χ3n) is 1.22. The number of hydrogen-bond donors (Lipinski definition) is 1. The normalized spacial score (nSPS) is 8.38. The Bertz CT molecular complexity index is 337. The summed E-state index contributed by atoms with van der Waals surface area (Å²) in [5.74, 6) is 5.56. The average Bonchev–Trinajstić information content (AvgIpc) is 2.15. The maximum Gasteiger partial charge on any atom is 0.207 e. The molecule has 0 spiro atoms. The lowest BCUT2D eigenvalue weighted by Crippen LogP contribution is -2.09. The molecule has 0 aromatic carbocycles. The Morgan fingerprint density at radius 1 is 1.62 bits per heavy atom. The minimum atomic E-state index is 0.348. The number of aromatic nitrogens is 1. The van der Waals surface area contributed by atoms with Crippen LogP contribution in [0.4, 0.5) is 0 Å². The molecule has 0 saturated heterocycles. The lowest BCUT2D eigenvalue weighted by atomic mass is 10.3. The molecule has 1 heterocycles. The maximum atomic E-state index is 9.86. The number of nitrogens with one attached hydrogen (secondary N) is 1. The van der Waals surface area contributed by atoms with E-state index in [2.05, 4.69) is 38.1 Å². The van der Waals surface area contributed by atoms with E-state index in [1.807, 2.05) is 6.07 Å². The van der Waals surface area contributed by atoms with Gasteiger partial charge < -0.3 is 5.32 Å². The average molecular weight is 239 g/mol. The molecule has 0 aliphatic carbocycles. The predicted molar refractivity (Wildman–Crippen MR) is 52.9 cm³/mol. The number of nitrogens with zero attached hydrogens (tertiary/aromatic N) is 1. The lowest BCUT2D eigenvalue weighted by molar-refractivity contribution is -0.109. The van der Waals surface area contributed by atoms with Crippen LogP contribution in [0.15, 0.2) is 22.8 Å². The fraction of sp³-hybridized carbons (Fsp3) is 0.111. The van der Waals surface area contributed by atoms with Gasteiger partial charge in [0.25, 0.3) is 0 Å². The van der Waals surface area contributed by atoms with Crippen LogP contribution in [0.5, 0.6) is 0 Å². The van der Waals surface area contributed by atoms with E-state index in [-0.39, 0.29) is 0 Å². The minimum Gasteiger partial charge on any atom is -0.348 e. The maximum absolute atomic E-state index is 9.86. The van der Waals surface area contributed by atoms with Gasteiger partial charge in [0.15, 0.2) is 0 Å². The van der Waals surface area contributed by atoms with Gasteiger partial charge in [0.05, 0.1) is 6.54 Å². The van der Waals surface area contributed by atoms with Crippen LogP contribution in [0.1, 0.15) is 5.69 Å². The quantitative estimate of drug-likeness (QED) is 0.474. The standard InChI is InChI=1S/C9H7BrN2O/c10-8-3-4-9(12-6-8)2-1-5-11-7-13/h3-4,6-7H,5H2,(H,11,13). The largest absolute Gasteiger partial charge is 0.348 e. The molecule has 0 bridgehead atoms. The molecule has 1 aromatic heterocycles. The van der Waals surface area contributed by atoms with E-state index in [0.29, 0.717) is 18.6 Å². The van der Waals surface area contributed by atoms with Crippen molar-refractivity contribution in [1.29, 1.82) is 0 Å². The second-order valence-corrected chi connectivity index (χ2v) is 3.08. The van der Waals surface area contributed by atoms with E-state index in [0.717, 1.165) is 4.47 Å². The molecule has 0 fully saturated rings. The Kier molecular flexibility index (Phi) is 4.00. The zero-order chi connectivity index (χ0) is 9.52. The first kappa shape index (κ1) is 9.75. The summed E-state index contributed by atoms with van der Waals surface area (Å²) in [6.45, 7) is 0.348. The molecule has 4 heteroatoms. The van der Waals surface area contributed by atoms with Gasteiger partial charge in [-0.3, -0.25) is 4.79 Å². The summed E-state index contributed by atoms with van der Waals surface area (Å²) >= 11 is 3.27. The summed E-state index contributed by atoms with van der Waals surface area (Å²) in [6.07, 6.45) is 2.29. The monoisotopic (exact) mass is 238 g/mol. The second-order valence-electron chi connectivity index (χ2n) is 2.16. The van der Waals surface area contributed by atoms with Gasteiger partial charge in [-0.25, -0.2) is 4.98 Å². The molecule has 0 radical (unpaired) electrons. The van der Waals surface area contributed by atoms with Crippen molar-refractivity contribution in [1.82, 2.24) is 10.3 Å². The van der Waals surface area contributed by atoms with Crippen molar-refractivity contribution in [2.45, 2.75) is 0 Å². The number of amides is 1. The summed E-state index contributed by atoms with van der Waals surface area (Å²) in [4.78, 5) is 13.9. The van der Waals surface area contributed by atoms with Crippen LogP contribution in [-0.2, 0) is 4.79 Å². The van der Waals surface area contributed by atoms with Gasteiger partial charge in [0, 0.05) is 10.7 Å². The molecular formula is C9H7BrN2O. The summed E-state index contributed by atoms with van der Waals surface area (Å²) in [6, 6.07) is 3.67. The van der Waals surface area contributed by atoms with Crippen molar-refractivity contribution in [3.63, 3.8) is 0 Å². The van der Waals surface area contributed by atoms with Crippen molar-refractivity contribution < 1.29 is 4.79 Å². The van der Waals surface area contributed by atoms with Crippen LogP contribution in [0.3, 0.4) is 0 Å². The molecule has 66 valence electrons. The lowest BCUT2D eigenvalue weighted by Gasteiger charge is -1.89. The third-order valence-corrected chi connectivity index (χ3v) is 1.69. The van der Waals surface area contributed by atoms with E-state index < -0.39 is 0 Å². The zero-order valence-corrected chi connectivity index (χ0v) is 8.34. The van der Waals surface area contributed by atoms with Crippen molar-refractivity contribution in [2.24, 2.45) is 0 Å². The Morgan fingerprint density at radius 2 is 2.46 bits per heavy atom. The highest BCUT2D eigenvalue weighted by Gasteiger charge is 1.87. The van der Waals surface area contributed by atoms with Gasteiger partial charge in [0.2, 0.25) is 6.41 Å². The van der Waals surface area contributed by atoms with E-state index in [4.69, 9.17) is 0 Å². The highest BCUT2D eigenvalue weighted by Crippen LogP contribution is 2.06. The van der Waals surface area contributed by atoms with Crippen molar-refractivity contribution in [3.8, 4) is 11.8 Å². The highest BCUT2D eigenvalue weighted by molar-refractivity contribution is 9.10. The van der Waals surface area contributed by atoms with Gasteiger partial charge in [-0.1, -0.05) is 5.92 Å². The molecule has 0 atom stereocenters. The molecule has 3 nitrogen and oxygen atoms in total. The smallest absolute Gasteiger partial charge is 0.207 e. The van der Waals surface area contributed by atoms with E-state index >= 15 is 0 Å². The van der Waals surface area contributed by atoms with Gasteiger partial charge in [-0.15, -0.1) is 0 Å². The predicted octanol–water partition coefficient (Wildman–Crippen LogP) is 0.942. The van der Waals surface area contributed by atoms with Gasteiger partial charge in [0.1, 0.15) is 5.69 Å². The number of hydrogen-bond acceptors (Lipinski definition) is 2. The van der Waals surface area contributed by atoms with Crippen molar-refractivity contribution in [2.75, 3.05) is 6.54 Å². The molecule has 1 rings (SSSR count). The Hall–Kier alpha value is -1.34. The summed E-state index contributed by atoms with van der Waals surface area (Å²) in [5.41, 5.74) is 0.691. The molecule has 1 amide bonds. The first-order valence-corrected chi connectivity index (χ1v) is 4.39. The number of halogens is 1. The van der Waals surface area contributed by atoms with Crippen LogP contribution in [0.2, 0.25) is 0 Å². The van der Waals surface area contributed by atoms with Crippen LogP contribution in [0.25, 0.3) is 0 Å². The topological polar surface area (TPSA) is 42.0 Å². The van der Waals surface area contributed by atoms with Gasteiger partial charge in [-0.05, 0) is 34.0 Å².